The van der Waals surface area contributed by atoms with E-state index in [0.29, 0.717) is 6.10 Å². The van der Waals surface area contributed by atoms with Crippen molar-refractivity contribution < 1.29 is 9.47 Å². The molecule has 2 fully saturated rings. The molecule has 5 nitrogen and oxygen atoms in total. The number of hydrogen-bond acceptors (Lipinski definition) is 3. The Morgan fingerprint density at radius 3 is 2.68 bits per heavy atom. The molecule has 1 heterocycles. The van der Waals surface area contributed by atoms with E-state index in [-0.39, 0.29) is 5.60 Å². The second-order valence-electron chi connectivity index (χ2n) is 7.72. The molecule has 146 valence electrons. The van der Waals surface area contributed by atoms with Gasteiger partial charge in [-0.15, -0.1) is 0 Å². The van der Waals surface area contributed by atoms with Gasteiger partial charge >= 0.3 is 0 Å². The largest absolute Gasteiger partial charge is 0.378 e. The lowest BCUT2D eigenvalue weighted by atomic mass is 9.98. The first-order valence-corrected chi connectivity index (χ1v) is 10.5. The molecule has 2 rings (SSSR count). The van der Waals surface area contributed by atoms with Crippen molar-refractivity contribution in [2.45, 2.75) is 89.8 Å². The molecule has 1 saturated carbocycles. The minimum atomic E-state index is -0.0706. The summed E-state index contributed by atoms with van der Waals surface area (Å²) in [6.45, 7) is 8.66. The van der Waals surface area contributed by atoms with Crippen LogP contribution in [0, 0.1) is 0 Å². The molecule has 0 spiro atoms. The van der Waals surface area contributed by atoms with Crippen molar-refractivity contribution in [3.8, 4) is 0 Å². The topological polar surface area (TPSA) is 54.9 Å². The summed E-state index contributed by atoms with van der Waals surface area (Å²) < 4.78 is 11.8. The van der Waals surface area contributed by atoms with E-state index in [1.807, 2.05) is 0 Å². The number of unbranched alkanes of at least 4 members (excludes halogenated alkanes) is 2. The summed E-state index contributed by atoms with van der Waals surface area (Å²) in [7, 11) is 0. The standard InChI is InChI=1S/C20H39N3O2/c1-3-21-19(23-17-20(2)13-10-16-25-20)22-14-8-5-9-15-24-18-11-6-4-7-12-18/h18H,3-17H2,1-2H3,(H2,21,22,23). The molecule has 0 aromatic heterocycles. The molecule has 25 heavy (non-hydrogen) atoms. The van der Waals surface area contributed by atoms with E-state index < -0.39 is 0 Å². The van der Waals surface area contributed by atoms with E-state index in [4.69, 9.17) is 14.5 Å². The van der Waals surface area contributed by atoms with Crippen LogP contribution in [0.15, 0.2) is 4.99 Å². The van der Waals surface area contributed by atoms with Crippen molar-refractivity contribution in [1.29, 1.82) is 0 Å². The van der Waals surface area contributed by atoms with E-state index in [1.165, 1.54) is 38.5 Å². The molecule has 0 radical (unpaired) electrons. The highest BCUT2D eigenvalue weighted by atomic mass is 16.5. The smallest absolute Gasteiger partial charge is 0.191 e. The quantitative estimate of drug-likeness (QED) is 0.358. The molecule has 0 aromatic rings. The molecule has 5 heteroatoms. The van der Waals surface area contributed by atoms with Gasteiger partial charge in [-0.1, -0.05) is 19.3 Å². The summed E-state index contributed by atoms with van der Waals surface area (Å²) in [6, 6.07) is 0. The third kappa shape index (κ3) is 8.41. The van der Waals surface area contributed by atoms with E-state index in [0.717, 1.165) is 64.5 Å². The minimum Gasteiger partial charge on any atom is -0.378 e. The van der Waals surface area contributed by atoms with Gasteiger partial charge in [0.15, 0.2) is 5.96 Å². The van der Waals surface area contributed by atoms with Crippen molar-refractivity contribution in [3.05, 3.63) is 0 Å². The van der Waals surface area contributed by atoms with E-state index in [2.05, 4.69) is 24.5 Å². The zero-order chi connectivity index (χ0) is 17.8. The van der Waals surface area contributed by atoms with Crippen LogP contribution in [0.2, 0.25) is 0 Å². The fourth-order valence-corrected chi connectivity index (χ4v) is 3.64. The first kappa shape index (κ1) is 20.5. The average Bonchev–Trinajstić information content (AvgIpc) is 3.06. The van der Waals surface area contributed by atoms with Gasteiger partial charge in [0.1, 0.15) is 0 Å². The zero-order valence-electron chi connectivity index (χ0n) is 16.4. The summed E-state index contributed by atoms with van der Waals surface area (Å²) in [6.07, 6.45) is 13.0. The summed E-state index contributed by atoms with van der Waals surface area (Å²) in [5.74, 6) is 0.915. The van der Waals surface area contributed by atoms with Gasteiger partial charge in [-0.3, -0.25) is 4.99 Å². The Kier molecular flexibility index (Phi) is 9.63. The maximum atomic E-state index is 5.99. The number of aliphatic imine (C=N–C) groups is 1. The minimum absolute atomic E-state index is 0.0706. The van der Waals surface area contributed by atoms with Crippen LogP contribution >= 0.6 is 0 Å². The van der Waals surface area contributed by atoms with Gasteiger partial charge in [-0.25, -0.2) is 0 Å². The third-order valence-electron chi connectivity index (χ3n) is 5.24. The second-order valence-corrected chi connectivity index (χ2v) is 7.72. The van der Waals surface area contributed by atoms with Gasteiger partial charge in [0, 0.05) is 26.3 Å². The first-order chi connectivity index (χ1) is 12.2. The normalized spacial score (nSPS) is 25.3. The van der Waals surface area contributed by atoms with Crippen LogP contribution < -0.4 is 10.6 Å². The molecule has 1 atom stereocenters. The molecule has 1 unspecified atom stereocenters. The Hall–Kier alpha value is -0.810. The number of guanidine groups is 1. The number of ether oxygens (including phenoxy) is 2. The average molecular weight is 354 g/mol. The molecule has 1 aliphatic heterocycles. The highest BCUT2D eigenvalue weighted by Crippen LogP contribution is 2.25. The first-order valence-electron chi connectivity index (χ1n) is 10.5. The van der Waals surface area contributed by atoms with Crippen LogP contribution in [0.4, 0.5) is 0 Å². The summed E-state index contributed by atoms with van der Waals surface area (Å²) in [5.41, 5.74) is -0.0706. The fourth-order valence-electron chi connectivity index (χ4n) is 3.64. The molecular weight excluding hydrogens is 314 g/mol. The van der Waals surface area contributed by atoms with Crippen molar-refractivity contribution in [1.82, 2.24) is 10.6 Å². The molecule has 0 aromatic carbocycles. The molecule has 2 N–H and O–H groups in total. The Morgan fingerprint density at radius 1 is 1.12 bits per heavy atom. The molecule has 0 bridgehead atoms. The Morgan fingerprint density at radius 2 is 1.96 bits per heavy atom. The van der Waals surface area contributed by atoms with Crippen molar-refractivity contribution in [2.75, 3.05) is 32.8 Å². The molecule has 2 aliphatic rings. The number of nitrogens with zero attached hydrogens (tertiary/aromatic N) is 1. The molecule has 1 saturated heterocycles. The van der Waals surface area contributed by atoms with Gasteiger partial charge in [0.05, 0.1) is 18.2 Å². The molecule has 1 aliphatic carbocycles. The molecular formula is C20H39N3O2. The van der Waals surface area contributed by atoms with Crippen LogP contribution in [0.5, 0.6) is 0 Å². The number of nitrogens with one attached hydrogen (secondary N) is 2. The molecule has 0 amide bonds. The van der Waals surface area contributed by atoms with Crippen LogP contribution in [-0.2, 0) is 9.47 Å². The van der Waals surface area contributed by atoms with Gasteiger partial charge in [0.2, 0.25) is 0 Å². The van der Waals surface area contributed by atoms with Gasteiger partial charge in [-0.05, 0) is 58.8 Å². The monoisotopic (exact) mass is 353 g/mol. The number of rotatable bonds is 10. The van der Waals surface area contributed by atoms with Crippen molar-refractivity contribution in [3.63, 3.8) is 0 Å². The lowest BCUT2D eigenvalue weighted by Crippen LogP contribution is -2.39. The Balaban J connectivity index is 1.53. The van der Waals surface area contributed by atoms with Crippen molar-refractivity contribution in [2.24, 2.45) is 4.99 Å². The lowest BCUT2D eigenvalue weighted by molar-refractivity contribution is 0.0263. The third-order valence-corrected chi connectivity index (χ3v) is 5.24. The Bertz CT molecular complexity index is 375. The number of hydrogen-bond donors (Lipinski definition) is 2. The summed E-state index contributed by atoms with van der Waals surface area (Å²) in [5, 5.41) is 6.77. The SMILES string of the molecule is CCNC(=NCC1(C)CCCO1)NCCCCCOC1CCCCC1. The Labute approximate surface area is 154 Å². The maximum absolute atomic E-state index is 5.99. The lowest BCUT2D eigenvalue weighted by Gasteiger charge is -2.22. The summed E-state index contributed by atoms with van der Waals surface area (Å²) >= 11 is 0. The highest BCUT2D eigenvalue weighted by molar-refractivity contribution is 5.79. The van der Waals surface area contributed by atoms with Crippen molar-refractivity contribution >= 4 is 5.96 Å². The zero-order valence-corrected chi connectivity index (χ0v) is 16.4. The van der Waals surface area contributed by atoms with Crippen LogP contribution in [0.1, 0.15) is 78.1 Å². The van der Waals surface area contributed by atoms with E-state index in [9.17, 15) is 0 Å². The highest BCUT2D eigenvalue weighted by Gasteiger charge is 2.29. The van der Waals surface area contributed by atoms with Gasteiger partial charge < -0.3 is 20.1 Å². The predicted octanol–water partition coefficient (Wildman–Crippen LogP) is 3.63. The van der Waals surface area contributed by atoms with Gasteiger partial charge in [0.25, 0.3) is 0 Å². The van der Waals surface area contributed by atoms with Crippen LogP contribution in [-0.4, -0.2) is 50.5 Å². The fraction of sp³-hybridized carbons (Fsp3) is 0.950. The van der Waals surface area contributed by atoms with Crippen LogP contribution in [0.3, 0.4) is 0 Å². The summed E-state index contributed by atoms with van der Waals surface area (Å²) in [4.78, 5) is 4.71. The maximum Gasteiger partial charge on any atom is 0.191 e. The van der Waals surface area contributed by atoms with E-state index >= 15 is 0 Å². The van der Waals surface area contributed by atoms with Gasteiger partial charge in [-0.2, -0.15) is 0 Å². The van der Waals surface area contributed by atoms with E-state index in [1.54, 1.807) is 0 Å². The second kappa shape index (κ2) is 11.7. The predicted molar refractivity (Wildman–Crippen MR) is 104 cm³/mol. The van der Waals surface area contributed by atoms with Crippen LogP contribution in [0.25, 0.3) is 0 Å².